The van der Waals surface area contributed by atoms with Crippen LogP contribution in [0.3, 0.4) is 0 Å². The molecule has 0 unspecified atom stereocenters. The van der Waals surface area contributed by atoms with Gasteiger partial charge in [0.05, 0.1) is 24.8 Å². The Bertz CT molecular complexity index is 631. The van der Waals surface area contributed by atoms with Crippen LogP contribution in [0.25, 0.3) is 0 Å². The minimum Gasteiger partial charge on any atom is -0.341 e. The molecule has 1 aromatic rings. The number of para-hydroxylation sites is 1. The highest BCUT2D eigenvalue weighted by Crippen LogP contribution is 2.25. The number of hydrogen-bond donors (Lipinski definition) is 2. The molecular formula is C15H19N4O3+. The van der Waals surface area contributed by atoms with E-state index in [2.05, 4.69) is 5.32 Å². The zero-order chi connectivity index (χ0) is 15.7. The Labute approximate surface area is 128 Å². The van der Waals surface area contributed by atoms with Gasteiger partial charge in [-0.3, -0.25) is 14.4 Å². The minimum atomic E-state index is -0.630. The maximum atomic E-state index is 12.6. The summed E-state index contributed by atoms with van der Waals surface area (Å²) in [5.41, 5.74) is 1.03. The fourth-order valence-corrected chi connectivity index (χ4v) is 2.93. The number of amides is 3. The van der Waals surface area contributed by atoms with Crippen molar-refractivity contribution < 1.29 is 19.7 Å². The largest absolute Gasteiger partial charge is 0.341 e. The zero-order valence-electron chi connectivity index (χ0n) is 12.4. The first-order valence-corrected chi connectivity index (χ1v) is 7.38. The van der Waals surface area contributed by atoms with Crippen molar-refractivity contribution in [2.75, 3.05) is 38.5 Å². The van der Waals surface area contributed by atoms with E-state index in [1.807, 2.05) is 7.05 Å². The number of carbonyl (C=O) groups excluding carboxylic acids is 3. The molecule has 1 saturated heterocycles. The molecule has 22 heavy (non-hydrogen) atoms. The first kappa shape index (κ1) is 14.5. The van der Waals surface area contributed by atoms with Gasteiger partial charge < -0.3 is 20.4 Å². The first-order valence-electron chi connectivity index (χ1n) is 7.38. The van der Waals surface area contributed by atoms with Crippen LogP contribution in [0.4, 0.5) is 5.69 Å². The number of carbonyl (C=O) groups is 3. The number of anilines is 1. The smallest absolute Gasteiger partial charge is 0.277 e. The SMILES string of the molecule is C[NH2+]CC(=O)N1CCN2C(=O)c3ccccc3NC(=O)[C@H]2C1. The normalized spacial score (nSPS) is 20.9. The van der Waals surface area contributed by atoms with Crippen molar-refractivity contribution in [3.05, 3.63) is 29.8 Å². The molecule has 7 nitrogen and oxygen atoms in total. The Balaban J connectivity index is 1.86. The van der Waals surface area contributed by atoms with Crippen molar-refractivity contribution in [3.8, 4) is 0 Å². The number of nitrogens with zero attached hydrogens (tertiary/aromatic N) is 2. The molecule has 0 bridgehead atoms. The van der Waals surface area contributed by atoms with Gasteiger partial charge in [-0.1, -0.05) is 12.1 Å². The van der Waals surface area contributed by atoms with Gasteiger partial charge in [-0.05, 0) is 12.1 Å². The average Bonchev–Trinajstić information content (AvgIpc) is 2.63. The average molecular weight is 303 g/mol. The number of nitrogens with one attached hydrogen (secondary N) is 1. The summed E-state index contributed by atoms with van der Waals surface area (Å²) in [5, 5.41) is 4.59. The number of rotatable bonds is 2. The van der Waals surface area contributed by atoms with Crippen LogP contribution in [-0.2, 0) is 9.59 Å². The molecule has 3 N–H and O–H groups in total. The third kappa shape index (κ3) is 2.43. The van der Waals surface area contributed by atoms with Crippen LogP contribution in [0.15, 0.2) is 24.3 Å². The van der Waals surface area contributed by atoms with Crippen molar-refractivity contribution in [1.29, 1.82) is 0 Å². The van der Waals surface area contributed by atoms with Crippen molar-refractivity contribution in [1.82, 2.24) is 9.80 Å². The summed E-state index contributed by atoms with van der Waals surface area (Å²) in [5.74, 6) is -0.409. The lowest BCUT2D eigenvalue weighted by molar-refractivity contribution is -0.616. The summed E-state index contributed by atoms with van der Waals surface area (Å²) in [6.07, 6.45) is 0. The fourth-order valence-electron chi connectivity index (χ4n) is 2.93. The monoisotopic (exact) mass is 303 g/mol. The second-order valence-corrected chi connectivity index (χ2v) is 5.50. The van der Waals surface area contributed by atoms with Crippen molar-refractivity contribution in [2.24, 2.45) is 0 Å². The number of hydrogen-bond acceptors (Lipinski definition) is 3. The lowest BCUT2D eigenvalue weighted by atomic mass is 10.1. The van der Waals surface area contributed by atoms with Crippen LogP contribution in [0, 0.1) is 0 Å². The first-order chi connectivity index (χ1) is 10.6. The predicted octanol–water partition coefficient (Wildman–Crippen LogP) is -1.52. The number of likely N-dealkylation sites (N-methyl/N-ethyl adjacent to an activating group) is 1. The molecular weight excluding hydrogens is 284 g/mol. The highest BCUT2D eigenvalue weighted by atomic mass is 16.2. The molecule has 1 aromatic carbocycles. The van der Waals surface area contributed by atoms with E-state index in [9.17, 15) is 14.4 Å². The molecule has 0 radical (unpaired) electrons. The van der Waals surface area contributed by atoms with Crippen LogP contribution in [0.5, 0.6) is 0 Å². The second-order valence-electron chi connectivity index (χ2n) is 5.50. The summed E-state index contributed by atoms with van der Waals surface area (Å²) in [6, 6.07) is 6.36. The topological polar surface area (TPSA) is 86.3 Å². The number of quaternary nitrogens is 1. The van der Waals surface area contributed by atoms with E-state index in [1.54, 1.807) is 39.4 Å². The molecule has 0 saturated carbocycles. The highest BCUT2D eigenvalue weighted by molar-refractivity contribution is 6.10. The summed E-state index contributed by atoms with van der Waals surface area (Å²) >= 11 is 0. The maximum Gasteiger partial charge on any atom is 0.277 e. The summed E-state index contributed by atoms with van der Waals surface area (Å²) in [4.78, 5) is 40.3. The van der Waals surface area contributed by atoms with Gasteiger partial charge in [-0.15, -0.1) is 0 Å². The Morgan fingerprint density at radius 1 is 1.32 bits per heavy atom. The molecule has 1 atom stereocenters. The lowest BCUT2D eigenvalue weighted by Crippen LogP contribution is -2.83. The van der Waals surface area contributed by atoms with Crippen LogP contribution in [0.1, 0.15) is 10.4 Å². The molecule has 116 valence electrons. The van der Waals surface area contributed by atoms with Crippen LogP contribution >= 0.6 is 0 Å². The van der Waals surface area contributed by atoms with E-state index in [0.717, 1.165) is 0 Å². The fraction of sp³-hybridized carbons (Fsp3) is 0.400. The van der Waals surface area contributed by atoms with Crippen LogP contribution < -0.4 is 10.6 Å². The van der Waals surface area contributed by atoms with Gasteiger partial charge in [0, 0.05) is 13.1 Å². The van der Waals surface area contributed by atoms with Crippen molar-refractivity contribution in [2.45, 2.75) is 6.04 Å². The number of fused-ring (bicyclic) bond motifs is 2. The van der Waals surface area contributed by atoms with Gasteiger partial charge in [0.2, 0.25) is 5.91 Å². The van der Waals surface area contributed by atoms with Gasteiger partial charge >= 0.3 is 0 Å². The molecule has 0 spiro atoms. The highest BCUT2D eigenvalue weighted by Gasteiger charge is 2.40. The summed E-state index contributed by atoms with van der Waals surface area (Å²) in [7, 11) is 1.83. The Hall–Kier alpha value is -2.41. The van der Waals surface area contributed by atoms with Gasteiger partial charge in [0.1, 0.15) is 6.04 Å². The molecule has 0 aromatic heterocycles. The van der Waals surface area contributed by atoms with E-state index >= 15 is 0 Å². The number of piperazine rings is 1. The molecule has 3 rings (SSSR count). The Morgan fingerprint density at radius 2 is 2.09 bits per heavy atom. The third-order valence-corrected chi connectivity index (χ3v) is 4.09. The van der Waals surface area contributed by atoms with E-state index in [-0.39, 0.29) is 24.3 Å². The number of benzene rings is 1. The van der Waals surface area contributed by atoms with E-state index in [0.29, 0.717) is 30.9 Å². The third-order valence-electron chi connectivity index (χ3n) is 4.09. The van der Waals surface area contributed by atoms with Crippen molar-refractivity contribution in [3.63, 3.8) is 0 Å². The molecule has 0 aliphatic carbocycles. The summed E-state index contributed by atoms with van der Waals surface area (Å²) < 4.78 is 0. The summed E-state index contributed by atoms with van der Waals surface area (Å²) in [6.45, 7) is 1.44. The van der Waals surface area contributed by atoms with Crippen molar-refractivity contribution >= 4 is 23.4 Å². The molecule has 2 aliphatic heterocycles. The molecule has 2 heterocycles. The predicted molar refractivity (Wildman–Crippen MR) is 79.2 cm³/mol. The van der Waals surface area contributed by atoms with Crippen LogP contribution in [0.2, 0.25) is 0 Å². The van der Waals surface area contributed by atoms with E-state index in [1.165, 1.54) is 0 Å². The van der Waals surface area contributed by atoms with E-state index in [4.69, 9.17) is 0 Å². The Kier molecular flexibility index (Phi) is 3.81. The molecule has 2 aliphatic rings. The van der Waals surface area contributed by atoms with Gasteiger partial charge in [-0.2, -0.15) is 0 Å². The lowest BCUT2D eigenvalue weighted by Gasteiger charge is -2.39. The zero-order valence-corrected chi connectivity index (χ0v) is 12.4. The van der Waals surface area contributed by atoms with Crippen LogP contribution in [-0.4, -0.2) is 66.8 Å². The number of nitrogens with two attached hydrogens (primary N) is 1. The van der Waals surface area contributed by atoms with E-state index < -0.39 is 6.04 Å². The maximum absolute atomic E-state index is 12.6. The van der Waals surface area contributed by atoms with Gasteiger partial charge in [-0.25, -0.2) is 0 Å². The Morgan fingerprint density at radius 3 is 2.86 bits per heavy atom. The molecule has 3 amide bonds. The standard InChI is InChI=1S/C15H18N4O3/c1-16-8-13(20)18-6-7-19-12(9-18)14(21)17-11-5-3-2-4-10(11)15(19)22/h2-5,12,16H,6-9H2,1H3,(H,17,21)/p+1/t12-/m1/s1. The van der Waals surface area contributed by atoms with Gasteiger partial charge in [0.15, 0.2) is 6.54 Å². The minimum absolute atomic E-state index is 0.0100. The molecule has 7 heteroatoms. The quantitative estimate of drug-likeness (QED) is 0.696. The van der Waals surface area contributed by atoms with Gasteiger partial charge in [0.25, 0.3) is 11.8 Å². The second kappa shape index (κ2) is 5.76. The molecule has 1 fully saturated rings.